The van der Waals surface area contributed by atoms with Gasteiger partial charge in [-0.15, -0.1) is 0 Å². The molecule has 0 unspecified atom stereocenters. The summed E-state index contributed by atoms with van der Waals surface area (Å²) in [4.78, 5) is 21.3. The Morgan fingerprint density at radius 3 is 2.43 bits per heavy atom. The maximum absolute atomic E-state index is 11.2. The molecule has 2 aromatic rings. The van der Waals surface area contributed by atoms with Crippen molar-refractivity contribution in [3.05, 3.63) is 74.8 Å². The smallest absolute Gasteiger partial charge is 0.336 e. The first-order valence-electron chi connectivity index (χ1n) is 6.01. The van der Waals surface area contributed by atoms with Crippen LogP contribution in [0.5, 0.6) is 0 Å². The summed E-state index contributed by atoms with van der Waals surface area (Å²) in [6.45, 7) is 0. The number of nitro groups is 1. The van der Waals surface area contributed by atoms with E-state index in [1.807, 2.05) is 6.07 Å². The minimum absolute atomic E-state index is 0.0363. The van der Waals surface area contributed by atoms with Crippen LogP contribution in [0.2, 0.25) is 0 Å². The van der Waals surface area contributed by atoms with Gasteiger partial charge in [-0.25, -0.2) is 4.79 Å². The van der Waals surface area contributed by atoms with Crippen LogP contribution in [0.4, 0.5) is 5.69 Å². The number of benzene rings is 2. The molecule has 21 heavy (non-hydrogen) atoms. The summed E-state index contributed by atoms with van der Waals surface area (Å²) in [6, 6.07) is 12.3. The Kier molecular flexibility index (Phi) is 3.95. The van der Waals surface area contributed by atoms with Crippen LogP contribution >= 0.6 is 0 Å². The van der Waals surface area contributed by atoms with Crippen LogP contribution < -0.4 is 0 Å². The number of rotatable bonds is 4. The van der Waals surface area contributed by atoms with Crippen molar-refractivity contribution in [2.45, 2.75) is 6.42 Å². The number of nitro benzene ring substituents is 1. The van der Waals surface area contributed by atoms with Crippen LogP contribution in [0.1, 0.15) is 27.0 Å². The first kappa shape index (κ1) is 14.2. The largest absolute Gasteiger partial charge is 0.478 e. The standard InChI is InChI=1S/C15H10N2O4/c16-9-11-2-1-3-13(15(18)19)14(11)8-10-4-6-12(7-5-10)17(20)21/h1-7H,8H2,(H,18,19). The van der Waals surface area contributed by atoms with E-state index < -0.39 is 10.9 Å². The number of hydrogen-bond donors (Lipinski definition) is 1. The molecule has 1 N–H and O–H groups in total. The second-order valence-corrected chi connectivity index (χ2v) is 4.35. The van der Waals surface area contributed by atoms with Crippen LogP contribution in [0.15, 0.2) is 42.5 Å². The maximum atomic E-state index is 11.2. The van der Waals surface area contributed by atoms with Gasteiger partial charge in [0.1, 0.15) is 0 Å². The van der Waals surface area contributed by atoms with E-state index in [-0.39, 0.29) is 23.2 Å². The van der Waals surface area contributed by atoms with Crippen molar-refractivity contribution >= 4 is 11.7 Å². The molecule has 6 heteroatoms. The molecule has 0 heterocycles. The minimum Gasteiger partial charge on any atom is -0.478 e. The van der Waals surface area contributed by atoms with Gasteiger partial charge >= 0.3 is 5.97 Å². The Labute approximate surface area is 120 Å². The predicted molar refractivity (Wildman–Crippen MR) is 74.0 cm³/mol. The number of hydrogen-bond acceptors (Lipinski definition) is 4. The Balaban J connectivity index is 2.41. The van der Waals surface area contributed by atoms with E-state index in [4.69, 9.17) is 5.26 Å². The lowest BCUT2D eigenvalue weighted by Crippen LogP contribution is -2.05. The number of non-ortho nitro benzene ring substituents is 1. The van der Waals surface area contributed by atoms with Crippen LogP contribution in [0, 0.1) is 21.4 Å². The van der Waals surface area contributed by atoms with Gasteiger partial charge in [-0.05, 0) is 29.7 Å². The molecular formula is C15H10N2O4. The lowest BCUT2D eigenvalue weighted by molar-refractivity contribution is -0.384. The molecule has 0 aromatic heterocycles. The van der Waals surface area contributed by atoms with Gasteiger partial charge in [0.15, 0.2) is 0 Å². The van der Waals surface area contributed by atoms with Crippen molar-refractivity contribution in [3.8, 4) is 6.07 Å². The number of nitrogens with zero attached hydrogens (tertiary/aromatic N) is 2. The third-order valence-corrected chi connectivity index (χ3v) is 3.05. The average molecular weight is 282 g/mol. The molecule has 2 aromatic carbocycles. The monoisotopic (exact) mass is 282 g/mol. The Bertz CT molecular complexity index is 745. The molecule has 0 amide bonds. The third-order valence-electron chi connectivity index (χ3n) is 3.05. The summed E-state index contributed by atoms with van der Waals surface area (Å²) in [5, 5.41) is 28.9. The minimum atomic E-state index is -1.11. The fourth-order valence-corrected chi connectivity index (χ4v) is 2.02. The molecule has 0 aliphatic rings. The molecule has 0 saturated carbocycles. The SMILES string of the molecule is N#Cc1cccc(C(=O)O)c1Cc1ccc([N+](=O)[O-])cc1. The van der Waals surface area contributed by atoms with E-state index >= 15 is 0 Å². The van der Waals surface area contributed by atoms with Crippen LogP contribution in [0.3, 0.4) is 0 Å². The van der Waals surface area contributed by atoms with E-state index in [9.17, 15) is 20.0 Å². The van der Waals surface area contributed by atoms with E-state index in [1.54, 1.807) is 18.2 Å². The van der Waals surface area contributed by atoms with E-state index in [0.717, 1.165) is 0 Å². The lowest BCUT2D eigenvalue weighted by atomic mass is 9.95. The first-order valence-corrected chi connectivity index (χ1v) is 6.01. The van der Waals surface area contributed by atoms with Gasteiger partial charge in [0.05, 0.1) is 22.1 Å². The maximum Gasteiger partial charge on any atom is 0.336 e. The van der Waals surface area contributed by atoms with Crippen molar-refractivity contribution in [3.63, 3.8) is 0 Å². The molecule has 6 nitrogen and oxygen atoms in total. The second kappa shape index (κ2) is 5.84. The molecule has 0 aliphatic heterocycles. The number of carboxylic acids is 1. The normalized spacial score (nSPS) is 9.86. The number of aromatic carboxylic acids is 1. The molecule has 0 bridgehead atoms. The van der Waals surface area contributed by atoms with Gasteiger partial charge < -0.3 is 5.11 Å². The third kappa shape index (κ3) is 3.04. The van der Waals surface area contributed by atoms with Crippen LogP contribution in [-0.2, 0) is 6.42 Å². The second-order valence-electron chi connectivity index (χ2n) is 4.35. The Morgan fingerprint density at radius 1 is 1.24 bits per heavy atom. The number of carboxylic acid groups (broad SMARTS) is 1. The molecule has 0 radical (unpaired) electrons. The number of nitriles is 1. The summed E-state index contributed by atoms with van der Waals surface area (Å²) in [6.07, 6.45) is 0.226. The molecule has 0 spiro atoms. The zero-order chi connectivity index (χ0) is 15.4. The highest BCUT2D eigenvalue weighted by Gasteiger charge is 2.15. The van der Waals surface area contributed by atoms with Crippen molar-refractivity contribution < 1.29 is 14.8 Å². The van der Waals surface area contributed by atoms with Crippen molar-refractivity contribution in [1.82, 2.24) is 0 Å². The highest BCUT2D eigenvalue weighted by Crippen LogP contribution is 2.20. The molecule has 2 rings (SSSR count). The fourth-order valence-electron chi connectivity index (χ4n) is 2.02. The van der Waals surface area contributed by atoms with Crippen LogP contribution in [0.25, 0.3) is 0 Å². The van der Waals surface area contributed by atoms with E-state index in [1.165, 1.54) is 24.3 Å². The summed E-state index contributed by atoms with van der Waals surface area (Å²) in [7, 11) is 0. The van der Waals surface area contributed by atoms with Crippen molar-refractivity contribution in [2.75, 3.05) is 0 Å². The quantitative estimate of drug-likeness (QED) is 0.685. The van der Waals surface area contributed by atoms with E-state index in [0.29, 0.717) is 11.1 Å². The predicted octanol–water partition coefficient (Wildman–Crippen LogP) is 2.76. The molecule has 0 atom stereocenters. The zero-order valence-electron chi connectivity index (χ0n) is 10.8. The van der Waals surface area contributed by atoms with Gasteiger partial charge in [0.2, 0.25) is 0 Å². The molecule has 0 aliphatic carbocycles. The average Bonchev–Trinajstić information content (AvgIpc) is 2.47. The highest BCUT2D eigenvalue weighted by atomic mass is 16.6. The summed E-state index contributed by atoms with van der Waals surface area (Å²) in [5.41, 5.74) is 1.42. The van der Waals surface area contributed by atoms with Crippen molar-refractivity contribution in [2.24, 2.45) is 0 Å². The first-order chi connectivity index (χ1) is 10.0. The summed E-state index contributed by atoms with van der Waals surface area (Å²) >= 11 is 0. The van der Waals surface area contributed by atoms with E-state index in [2.05, 4.69) is 0 Å². The van der Waals surface area contributed by atoms with Crippen LogP contribution in [-0.4, -0.2) is 16.0 Å². The Morgan fingerprint density at radius 2 is 1.90 bits per heavy atom. The van der Waals surface area contributed by atoms with Gasteiger partial charge in [-0.3, -0.25) is 10.1 Å². The van der Waals surface area contributed by atoms with Crippen molar-refractivity contribution in [1.29, 1.82) is 5.26 Å². The highest BCUT2D eigenvalue weighted by molar-refractivity contribution is 5.90. The van der Waals surface area contributed by atoms with Gasteiger partial charge in [-0.2, -0.15) is 5.26 Å². The van der Waals surface area contributed by atoms with Gasteiger partial charge in [0, 0.05) is 12.1 Å². The van der Waals surface area contributed by atoms with Gasteiger partial charge in [0.25, 0.3) is 5.69 Å². The lowest BCUT2D eigenvalue weighted by Gasteiger charge is -2.08. The topological polar surface area (TPSA) is 104 Å². The molecule has 104 valence electrons. The Hall–Kier alpha value is -3.20. The molecular weight excluding hydrogens is 272 g/mol. The molecule has 0 fully saturated rings. The molecule has 0 saturated heterocycles. The van der Waals surface area contributed by atoms with Gasteiger partial charge in [-0.1, -0.05) is 18.2 Å². The number of carbonyl (C=O) groups is 1. The summed E-state index contributed by atoms with van der Waals surface area (Å²) in [5.74, 6) is -1.11. The zero-order valence-corrected chi connectivity index (χ0v) is 10.8. The fraction of sp³-hybridized carbons (Fsp3) is 0.0667. The summed E-state index contributed by atoms with van der Waals surface area (Å²) < 4.78 is 0.